The van der Waals surface area contributed by atoms with E-state index in [-0.39, 0.29) is 17.9 Å². The number of rotatable bonds is 4. The van der Waals surface area contributed by atoms with Crippen LogP contribution in [0.4, 0.5) is 0 Å². The van der Waals surface area contributed by atoms with Gasteiger partial charge in [-0.05, 0) is 24.1 Å². The molecule has 13 heavy (non-hydrogen) atoms. The number of carboxylic acid groups (broad SMARTS) is 1. The fourth-order valence-corrected chi connectivity index (χ4v) is 0.943. The first-order valence-electron chi connectivity index (χ1n) is 4.68. The minimum atomic E-state index is -1.21. The number of phenols is 1. The van der Waals surface area contributed by atoms with Crippen LogP contribution < -0.4 is 5.72 Å². The molecule has 1 aromatic rings. The van der Waals surface area contributed by atoms with Gasteiger partial charge in [0.05, 0.1) is 0 Å². The molecule has 0 spiro atoms. The Morgan fingerprint density at radius 3 is 2.62 bits per heavy atom. The van der Waals surface area contributed by atoms with Crippen molar-refractivity contribution in [2.75, 3.05) is 0 Å². The number of carbonyl (C=O) groups is 1. The van der Waals surface area contributed by atoms with Gasteiger partial charge >= 0.3 is 5.97 Å². The van der Waals surface area contributed by atoms with Gasteiger partial charge in [0.2, 0.25) is 0 Å². The van der Waals surface area contributed by atoms with Crippen LogP contribution in [0.1, 0.15) is 5.56 Å². The Hall–Kier alpha value is -1.55. The highest BCUT2D eigenvalue weighted by Crippen LogP contribution is 2.10. The number of hydrogen-bond donors (Lipinski definition) is 3. The Kier molecular flexibility index (Phi) is 2.08. The summed E-state index contributed by atoms with van der Waals surface area (Å²) >= 11 is 0. The predicted octanol–water partition coefficient (Wildman–Crippen LogP) is 0.347. The van der Waals surface area contributed by atoms with Crippen molar-refractivity contribution in [1.29, 1.82) is 0 Å². The minimum Gasteiger partial charge on any atom is -0.508 e. The third kappa shape index (κ3) is 2.76. The van der Waals surface area contributed by atoms with Crippen molar-refractivity contribution in [1.82, 2.24) is 0 Å². The lowest BCUT2D eigenvalue weighted by Crippen LogP contribution is -2.32. The number of phenolic OH excluding ortho intramolecular Hbond substituents is 1. The van der Waals surface area contributed by atoms with Crippen LogP contribution in [0.15, 0.2) is 24.3 Å². The molecule has 0 unspecified atom stereocenters. The van der Waals surface area contributed by atoms with Crippen LogP contribution in [0.25, 0.3) is 0 Å². The van der Waals surface area contributed by atoms with Gasteiger partial charge in [0, 0.05) is 0 Å². The molecule has 1 rings (SSSR count). The smallest absolute Gasteiger partial charge is 0.320 e. The van der Waals surface area contributed by atoms with Crippen molar-refractivity contribution in [2.45, 2.75) is 12.5 Å². The third-order valence-electron chi connectivity index (χ3n) is 1.65. The molecule has 0 aromatic heterocycles. The van der Waals surface area contributed by atoms with E-state index in [1.807, 2.05) is 0 Å². The van der Waals surface area contributed by atoms with Crippen molar-refractivity contribution >= 4 is 5.97 Å². The molecule has 0 bridgehead atoms. The highest BCUT2D eigenvalue weighted by molar-refractivity contribution is 5.73. The maximum absolute atomic E-state index is 10.7. The molecule has 1 aromatic carbocycles. The molecule has 0 radical (unpaired) electrons. The third-order valence-corrected chi connectivity index (χ3v) is 1.65. The molecule has 0 saturated carbocycles. The molecular formula is C9H11NO3. The van der Waals surface area contributed by atoms with Crippen LogP contribution in [0, 0.1) is 0 Å². The standard InChI is InChI=1S/C9H11NO3/c10-8(9(12)13)5-6-1-3-7(11)4-2-6/h1-4,8,11H,5,10H2,(H,12,13)/t8-/m0/s1/i/hT2. The number of nitrogens with two attached hydrogens (primary N) is 1. The predicted molar refractivity (Wildman–Crippen MR) is 47.4 cm³/mol. The van der Waals surface area contributed by atoms with Crippen LogP contribution in [-0.2, 0) is 11.2 Å². The molecule has 0 aliphatic rings. The zero-order chi connectivity index (χ0) is 11.4. The monoisotopic (exact) mass is 185 g/mol. The topological polar surface area (TPSA) is 83.5 Å². The first-order valence-corrected chi connectivity index (χ1v) is 3.78. The second kappa shape index (κ2) is 3.91. The zero-order valence-corrected chi connectivity index (χ0v) is 6.84. The van der Waals surface area contributed by atoms with Crippen molar-refractivity contribution in [3.05, 3.63) is 29.8 Å². The normalized spacial score (nSPS) is 14.8. The Morgan fingerprint density at radius 2 is 2.15 bits per heavy atom. The van der Waals surface area contributed by atoms with Gasteiger partial charge in [-0.25, -0.2) is 0 Å². The van der Waals surface area contributed by atoms with E-state index in [4.69, 9.17) is 13.0 Å². The lowest BCUT2D eigenvalue weighted by atomic mass is 10.1. The summed E-state index contributed by atoms with van der Waals surface area (Å²) < 4.78 is 13.9. The second-order valence-corrected chi connectivity index (χ2v) is 2.72. The Morgan fingerprint density at radius 1 is 1.54 bits per heavy atom. The maximum atomic E-state index is 10.7. The highest BCUT2D eigenvalue weighted by Gasteiger charge is 2.11. The lowest BCUT2D eigenvalue weighted by Gasteiger charge is -2.05. The van der Waals surface area contributed by atoms with E-state index in [0.717, 1.165) is 0 Å². The van der Waals surface area contributed by atoms with Crippen molar-refractivity contribution in [3.63, 3.8) is 0 Å². The lowest BCUT2D eigenvalue weighted by molar-refractivity contribution is -0.138. The maximum Gasteiger partial charge on any atom is 0.320 e. The van der Waals surface area contributed by atoms with Crippen LogP contribution in [0.5, 0.6) is 5.75 Å². The molecule has 0 saturated heterocycles. The van der Waals surface area contributed by atoms with E-state index in [1.54, 1.807) is 12.1 Å². The van der Waals surface area contributed by atoms with E-state index in [0.29, 0.717) is 5.56 Å². The molecule has 1 atom stereocenters. The summed E-state index contributed by atoms with van der Waals surface area (Å²) in [4.78, 5) is 10.7. The molecule has 4 nitrogen and oxygen atoms in total. The first kappa shape index (κ1) is 6.91. The summed E-state index contributed by atoms with van der Waals surface area (Å²) in [6, 6.07) is 4.80. The number of aromatic hydroxyl groups is 1. The summed E-state index contributed by atoms with van der Waals surface area (Å²) in [5, 5.41) is 17.7. The molecule has 0 aliphatic heterocycles. The molecule has 4 heteroatoms. The highest BCUT2D eigenvalue weighted by atomic mass is 16.4. The van der Waals surface area contributed by atoms with Crippen LogP contribution in [-0.4, -0.2) is 22.2 Å². The number of benzene rings is 1. The van der Waals surface area contributed by atoms with Gasteiger partial charge in [0.15, 0.2) is 0 Å². The largest absolute Gasteiger partial charge is 0.508 e. The van der Waals surface area contributed by atoms with Crippen LogP contribution >= 0.6 is 0 Å². The summed E-state index contributed by atoms with van der Waals surface area (Å²) in [7, 11) is 0. The Bertz CT molecular complexity index is 340. The SMILES string of the molecule is [3H]N([3H])[C@@H](Cc1ccc(O)cc1)C(=O)O. The van der Waals surface area contributed by atoms with Gasteiger partial charge in [0.1, 0.15) is 14.6 Å². The number of hydrogen-bond acceptors (Lipinski definition) is 3. The summed E-state index contributed by atoms with van der Waals surface area (Å²) in [6.45, 7) is 0. The summed E-state index contributed by atoms with van der Waals surface area (Å²) in [6.07, 6.45) is 0.0581. The van der Waals surface area contributed by atoms with E-state index in [1.165, 1.54) is 12.1 Å². The quantitative estimate of drug-likeness (QED) is 0.631. The summed E-state index contributed by atoms with van der Waals surface area (Å²) in [5.74, 6) is -1.12. The van der Waals surface area contributed by atoms with Gasteiger partial charge in [-0.1, -0.05) is 12.1 Å². The van der Waals surface area contributed by atoms with Crippen molar-refractivity contribution in [3.8, 4) is 5.75 Å². The number of aliphatic carboxylic acids is 1. The van der Waals surface area contributed by atoms with Gasteiger partial charge < -0.3 is 15.9 Å². The summed E-state index contributed by atoms with van der Waals surface area (Å²) in [5.41, 5.74) is 0.819. The average Bonchev–Trinajstić information content (AvgIpc) is 2.15. The molecular weight excluding hydrogens is 170 g/mol. The Balaban J connectivity index is 2.74. The first-order chi connectivity index (χ1) is 7.00. The minimum absolute atomic E-state index is 0.0581. The van der Waals surface area contributed by atoms with E-state index in [9.17, 15) is 4.79 Å². The Labute approximate surface area is 78.5 Å². The van der Waals surface area contributed by atoms with E-state index >= 15 is 0 Å². The van der Waals surface area contributed by atoms with Gasteiger partial charge in [-0.3, -0.25) is 4.79 Å². The molecule has 0 amide bonds. The molecule has 0 heterocycles. The molecule has 4 N–H and O–H groups in total. The van der Waals surface area contributed by atoms with Gasteiger partial charge in [-0.2, -0.15) is 0 Å². The fourth-order valence-electron chi connectivity index (χ4n) is 0.943. The van der Waals surface area contributed by atoms with Gasteiger partial charge in [0.25, 0.3) is 0 Å². The zero-order valence-electron chi connectivity index (χ0n) is 8.84. The van der Waals surface area contributed by atoms with Crippen molar-refractivity contribution in [2.24, 2.45) is 5.72 Å². The van der Waals surface area contributed by atoms with Gasteiger partial charge in [-0.15, -0.1) is 0 Å². The van der Waals surface area contributed by atoms with E-state index in [2.05, 4.69) is 0 Å². The number of carboxylic acids is 1. The average molecular weight is 185 g/mol. The molecule has 0 aliphatic carbocycles. The molecule has 70 valence electrons. The van der Waals surface area contributed by atoms with Crippen LogP contribution in [0.3, 0.4) is 0 Å². The molecule has 0 fully saturated rings. The van der Waals surface area contributed by atoms with E-state index < -0.39 is 12.0 Å². The van der Waals surface area contributed by atoms with Crippen LogP contribution in [0.2, 0.25) is 2.82 Å². The van der Waals surface area contributed by atoms with Crippen molar-refractivity contribution < 1.29 is 17.8 Å². The second-order valence-electron chi connectivity index (χ2n) is 2.72. The fraction of sp³-hybridized carbons (Fsp3) is 0.222.